The lowest BCUT2D eigenvalue weighted by molar-refractivity contribution is -0.112. The van der Waals surface area contributed by atoms with Crippen LogP contribution in [0.3, 0.4) is 0 Å². The van der Waals surface area contributed by atoms with Gasteiger partial charge in [-0.15, -0.1) is 0 Å². The van der Waals surface area contributed by atoms with Gasteiger partial charge < -0.3 is 10.3 Å². The van der Waals surface area contributed by atoms with Crippen LogP contribution < -0.4 is 10.9 Å². The second kappa shape index (κ2) is 11.0. The number of carbonyl (C=O) groups is 2. The Labute approximate surface area is 202 Å². The van der Waals surface area contributed by atoms with Gasteiger partial charge in [0, 0.05) is 39.7 Å². The molecule has 1 aromatic heterocycles. The molecular weight excluding hydrogens is 456 g/mol. The number of rotatable bonds is 7. The maximum atomic E-state index is 13.3. The number of aromatic amines is 1. The number of thioether (sulfide) groups is 1. The number of benzene rings is 2. The Morgan fingerprint density at radius 2 is 1.79 bits per heavy atom. The smallest absolute Gasteiger partial charge is 0.251 e. The van der Waals surface area contributed by atoms with Crippen LogP contribution in [0.25, 0.3) is 10.9 Å². The molecule has 5 nitrogen and oxygen atoms in total. The third-order valence-corrected chi connectivity index (χ3v) is 7.60. The summed E-state index contributed by atoms with van der Waals surface area (Å²) < 4.78 is 0. The van der Waals surface area contributed by atoms with Crippen LogP contribution in [-0.2, 0) is 11.2 Å². The number of nitrogens with one attached hydrogen (secondary N) is 2. The van der Waals surface area contributed by atoms with E-state index in [0.717, 1.165) is 29.5 Å². The Morgan fingerprint density at radius 1 is 1.06 bits per heavy atom. The molecule has 33 heavy (non-hydrogen) atoms. The predicted octanol–water partition coefficient (Wildman–Crippen LogP) is 5.36. The minimum atomic E-state index is -0.744. The van der Waals surface area contributed by atoms with Gasteiger partial charge >= 0.3 is 0 Å². The summed E-state index contributed by atoms with van der Waals surface area (Å²) in [4.78, 5) is 41.2. The van der Waals surface area contributed by atoms with E-state index < -0.39 is 6.04 Å². The summed E-state index contributed by atoms with van der Waals surface area (Å²) >= 11 is 7.24. The van der Waals surface area contributed by atoms with Gasteiger partial charge in [-0.3, -0.25) is 14.4 Å². The molecule has 0 aliphatic heterocycles. The zero-order valence-corrected chi connectivity index (χ0v) is 19.9. The molecule has 1 aliphatic rings. The molecule has 1 atom stereocenters. The number of carbonyl (C=O) groups excluding carboxylic acids is 2. The normalized spacial score (nSPS) is 15.3. The summed E-state index contributed by atoms with van der Waals surface area (Å²) in [5.74, 6) is 0.973. The fourth-order valence-corrected chi connectivity index (χ4v) is 5.56. The highest BCUT2D eigenvalue weighted by atomic mass is 35.5. The molecule has 1 saturated carbocycles. The van der Waals surface area contributed by atoms with E-state index in [-0.39, 0.29) is 23.0 Å². The van der Waals surface area contributed by atoms with E-state index in [1.54, 1.807) is 24.3 Å². The average Bonchev–Trinajstić information content (AvgIpc) is 2.83. The quantitative estimate of drug-likeness (QED) is 0.475. The molecule has 7 heteroatoms. The Balaban J connectivity index is 1.56. The third-order valence-electron chi connectivity index (χ3n) is 6.14. The van der Waals surface area contributed by atoms with Crippen LogP contribution in [0.1, 0.15) is 48.0 Å². The molecule has 2 N–H and O–H groups in total. The summed E-state index contributed by atoms with van der Waals surface area (Å²) in [6.45, 7) is 0. The zero-order chi connectivity index (χ0) is 23.2. The Morgan fingerprint density at radius 3 is 2.55 bits per heavy atom. The largest absolute Gasteiger partial charge is 0.341 e. The first-order chi connectivity index (χ1) is 16.0. The van der Waals surface area contributed by atoms with E-state index in [2.05, 4.69) is 10.3 Å². The Kier molecular flexibility index (Phi) is 7.89. The number of aromatic nitrogens is 1. The molecule has 3 aromatic rings. The monoisotopic (exact) mass is 482 g/mol. The minimum absolute atomic E-state index is 0.0766. The lowest BCUT2D eigenvalue weighted by atomic mass is 9.91. The molecule has 1 amide bonds. The second-order valence-corrected chi connectivity index (χ2v) is 10.0. The van der Waals surface area contributed by atoms with Crippen molar-refractivity contribution < 1.29 is 9.59 Å². The molecule has 2 aromatic carbocycles. The first kappa shape index (κ1) is 23.6. The van der Waals surface area contributed by atoms with Gasteiger partial charge in [0.05, 0.1) is 0 Å². The van der Waals surface area contributed by atoms with E-state index in [1.165, 1.54) is 37.1 Å². The van der Waals surface area contributed by atoms with Crippen LogP contribution in [0, 0.1) is 5.92 Å². The second-order valence-electron chi connectivity index (χ2n) is 8.58. The highest BCUT2D eigenvalue weighted by Gasteiger charge is 2.25. The van der Waals surface area contributed by atoms with E-state index in [1.807, 2.05) is 24.3 Å². The van der Waals surface area contributed by atoms with Crippen molar-refractivity contribution in [2.45, 2.75) is 44.6 Å². The van der Waals surface area contributed by atoms with Crippen molar-refractivity contribution in [1.29, 1.82) is 0 Å². The number of hydrogen-bond donors (Lipinski definition) is 2. The van der Waals surface area contributed by atoms with Crippen LogP contribution in [0.15, 0.2) is 59.4 Å². The summed E-state index contributed by atoms with van der Waals surface area (Å²) in [5, 5.41) is 4.24. The van der Waals surface area contributed by atoms with Gasteiger partial charge in [0.25, 0.3) is 5.91 Å². The first-order valence-corrected chi connectivity index (χ1v) is 12.7. The molecule has 1 heterocycles. The standard InChI is InChI=1S/C26H27ClN2O3S/c27-20-12-10-18(11-13-20)25(31)29-23(26(32)33-16-17-6-2-1-3-7-17)14-19-15-24(30)28-22-9-5-4-8-21(19)22/h4-5,8-13,15,17,23H,1-3,6-7,14,16H2,(H,28,30)(H,29,31). The maximum Gasteiger partial charge on any atom is 0.251 e. The highest BCUT2D eigenvalue weighted by Crippen LogP contribution is 2.28. The number of pyridine rings is 1. The number of hydrogen-bond acceptors (Lipinski definition) is 4. The van der Waals surface area contributed by atoms with Crippen molar-refractivity contribution in [2.24, 2.45) is 5.92 Å². The van der Waals surface area contributed by atoms with Crippen molar-refractivity contribution in [1.82, 2.24) is 10.3 Å². The first-order valence-electron chi connectivity index (χ1n) is 11.3. The van der Waals surface area contributed by atoms with Crippen LogP contribution >= 0.6 is 23.4 Å². The van der Waals surface area contributed by atoms with Gasteiger partial charge in [0.2, 0.25) is 10.7 Å². The molecule has 0 spiro atoms. The van der Waals surface area contributed by atoms with Gasteiger partial charge in [-0.05, 0) is 54.7 Å². The summed E-state index contributed by atoms with van der Waals surface area (Å²) in [6, 6.07) is 14.8. The van der Waals surface area contributed by atoms with Crippen molar-refractivity contribution in [3.05, 3.63) is 81.1 Å². The molecule has 1 aliphatic carbocycles. The number of halogens is 1. The number of para-hydroxylation sites is 1. The molecule has 0 saturated heterocycles. The fourth-order valence-electron chi connectivity index (χ4n) is 4.36. The SMILES string of the molecule is O=C(NC(Cc1cc(=O)[nH]c2ccccc12)C(=O)SCC1CCCCC1)c1ccc(Cl)cc1. The van der Waals surface area contributed by atoms with E-state index in [0.29, 0.717) is 22.0 Å². The van der Waals surface area contributed by atoms with Gasteiger partial charge in [0.1, 0.15) is 6.04 Å². The van der Waals surface area contributed by atoms with Crippen LogP contribution in [0.4, 0.5) is 0 Å². The van der Waals surface area contributed by atoms with E-state index >= 15 is 0 Å². The van der Waals surface area contributed by atoms with Crippen molar-refractivity contribution in [3.8, 4) is 0 Å². The van der Waals surface area contributed by atoms with E-state index in [9.17, 15) is 14.4 Å². The predicted molar refractivity (Wildman–Crippen MR) is 135 cm³/mol. The molecule has 1 fully saturated rings. The van der Waals surface area contributed by atoms with Crippen molar-refractivity contribution >= 4 is 45.3 Å². The van der Waals surface area contributed by atoms with Crippen LogP contribution in [0.5, 0.6) is 0 Å². The number of amides is 1. The van der Waals surface area contributed by atoms with Crippen molar-refractivity contribution in [3.63, 3.8) is 0 Å². The van der Waals surface area contributed by atoms with Gasteiger partial charge in [-0.25, -0.2) is 0 Å². The highest BCUT2D eigenvalue weighted by molar-refractivity contribution is 8.13. The topological polar surface area (TPSA) is 79.0 Å². The molecule has 0 bridgehead atoms. The molecular formula is C26H27ClN2O3S. The van der Waals surface area contributed by atoms with Crippen molar-refractivity contribution in [2.75, 3.05) is 5.75 Å². The average molecular weight is 483 g/mol. The Hall–Kier alpha value is -2.57. The van der Waals surface area contributed by atoms with Crippen LogP contribution in [0.2, 0.25) is 5.02 Å². The van der Waals surface area contributed by atoms with Gasteiger partial charge in [-0.2, -0.15) is 0 Å². The minimum Gasteiger partial charge on any atom is -0.341 e. The molecule has 172 valence electrons. The molecule has 1 unspecified atom stereocenters. The lowest BCUT2D eigenvalue weighted by Crippen LogP contribution is -2.41. The number of fused-ring (bicyclic) bond motifs is 1. The summed E-state index contributed by atoms with van der Waals surface area (Å²) in [6.07, 6.45) is 6.26. The Bertz CT molecular complexity index is 1190. The van der Waals surface area contributed by atoms with E-state index in [4.69, 9.17) is 11.6 Å². The molecule has 4 rings (SSSR count). The summed E-state index contributed by atoms with van der Waals surface area (Å²) in [5.41, 5.74) is 1.66. The van der Waals surface area contributed by atoms with Gasteiger partial charge in [0.15, 0.2) is 0 Å². The zero-order valence-electron chi connectivity index (χ0n) is 18.3. The lowest BCUT2D eigenvalue weighted by Gasteiger charge is -2.23. The fraction of sp³-hybridized carbons (Fsp3) is 0.346. The third kappa shape index (κ3) is 6.27. The van der Waals surface area contributed by atoms with Gasteiger partial charge in [-0.1, -0.05) is 60.8 Å². The van der Waals surface area contributed by atoms with Crippen LogP contribution in [-0.4, -0.2) is 27.8 Å². The number of H-pyrrole nitrogens is 1. The molecule has 0 radical (unpaired) electrons. The summed E-state index contributed by atoms with van der Waals surface area (Å²) in [7, 11) is 0. The maximum absolute atomic E-state index is 13.3.